The van der Waals surface area contributed by atoms with Gasteiger partial charge in [0.1, 0.15) is 6.10 Å². The summed E-state index contributed by atoms with van der Waals surface area (Å²) in [6, 6.07) is 0. The first-order valence-electron chi connectivity index (χ1n) is 7.16. The number of hydrogen-bond acceptors (Lipinski definition) is 6. The van der Waals surface area contributed by atoms with Crippen LogP contribution >= 0.6 is 0 Å². The number of carbonyl (C=O) groups is 1. The third-order valence-corrected chi connectivity index (χ3v) is 2.23. The van der Waals surface area contributed by atoms with E-state index in [1.165, 1.54) is 33.5 Å². The Morgan fingerprint density at radius 3 is 1.45 bits per heavy atom. The maximum atomic E-state index is 10.3. The molecule has 0 aliphatic carbocycles. The standard InChI is InChI=1S/C6H15N.C5H10O3.C3H8O2/c1-4-7(5-2)6-3;1-3-8-5(7)4(2)6;1-3(5)2-4/h4-6H2,1-3H3;4,6H,3H2,1-2H3;3-5H,2H2,1H3. The number of aliphatic hydroxyl groups is 3. The van der Waals surface area contributed by atoms with Gasteiger partial charge in [-0.3, -0.25) is 0 Å². The second kappa shape index (κ2) is 18.3. The van der Waals surface area contributed by atoms with Crippen LogP contribution in [-0.2, 0) is 9.53 Å². The number of ether oxygens (including phenoxy) is 1. The Morgan fingerprint density at radius 2 is 1.40 bits per heavy atom. The Hall–Kier alpha value is -0.690. The summed E-state index contributed by atoms with van der Waals surface area (Å²) in [5.41, 5.74) is 0. The van der Waals surface area contributed by atoms with Crippen LogP contribution in [0.1, 0.15) is 41.5 Å². The molecule has 0 aliphatic heterocycles. The Balaban J connectivity index is -0.000000223. The molecule has 124 valence electrons. The zero-order valence-corrected chi connectivity index (χ0v) is 13.8. The summed E-state index contributed by atoms with van der Waals surface area (Å²) in [5, 5.41) is 24.5. The minimum Gasteiger partial charge on any atom is -0.464 e. The lowest BCUT2D eigenvalue weighted by atomic mass is 10.4. The summed E-state index contributed by atoms with van der Waals surface area (Å²) in [6.07, 6.45) is -1.55. The molecule has 3 N–H and O–H groups in total. The molecular weight excluding hydrogens is 262 g/mol. The van der Waals surface area contributed by atoms with Crippen LogP contribution in [0, 0.1) is 0 Å². The summed E-state index contributed by atoms with van der Waals surface area (Å²) in [7, 11) is 0. The lowest BCUT2D eigenvalue weighted by molar-refractivity contribution is -0.151. The monoisotopic (exact) mass is 295 g/mol. The zero-order chi connectivity index (χ0) is 16.6. The van der Waals surface area contributed by atoms with E-state index in [9.17, 15) is 4.79 Å². The van der Waals surface area contributed by atoms with Gasteiger partial charge in [0.05, 0.1) is 19.3 Å². The predicted octanol–water partition coefficient (Wildman–Crippen LogP) is 0.638. The van der Waals surface area contributed by atoms with Crippen LogP contribution in [0.4, 0.5) is 0 Å². The summed E-state index contributed by atoms with van der Waals surface area (Å²) in [4.78, 5) is 12.6. The van der Waals surface area contributed by atoms with E-state index >= 15 is 0 Å². The maximum absolute atomic E-state index is 10.3. The van der Waals surface area contributed by atoms with Gasteiger partial charge in [-0.2, -0.15) is 0 Å². The number of carbonyl (C=O) groups excluding carboxylic acids is 1. The van der Waals surface area contributed by atoms with E-state index in [0.717, 1.165) is 0 Å². The van der Waals surface area contributed by atoms with Gasteiger partial charge in [0.2, 0.25) is 0 Å². The topological polar surface area (TPSA) is 90.2 Å². The highest BCUT2D eigenvalue weighted by Crippen LogP contribution is 1.84. The van der Waals surface area contributed by atoms with E-state index in [-0.39, 0.29) is 6.61 Å². The van der Waals surface area contributed by atoms with Crippen molar-refractivity contribution in [1.29, 1.82) is 0 Å². The summed E-state index contributed by atoms with van der Waals surface area (Å²) in [5.74, 6) is -0.562. The Bertz CT molecular complexity index is 188. The van der Waals surface area contributed by atoms with E-state index in [4.69, 9.17) is 15.3 Å². The minimum atomic E-state index is -0.991. The van der Waals surface area contributed by atoms with Crippen molar-refractivity contribution in [2.45, 2.75) is 53.8 Å². The minimum absolute atomic E-state index is 0.139. The van der Waals surface area contributed by atoms with Gasteiger partial charge in [0.15, 0.2) is 0 Å². The van der Waals surface area contributed by atoms with Crippen molar-refractivity contribution in [2.24, 2.45) is 0 Å². The Kier molecular flexibility index (Phi) is 22.3. The van der Waals surface area contributed by atoms with Crippen LogP contribution in [-0.4, -0.2) is 71.2 Å². The Morgan fingerprint density at radius 1 is 1.05 bits per heavy atom. The van der Waals surface area contributed by atoms with Crippen molar-refractivity contribution in [3.8, 4) is 0 Å². The van der Waals surface area contributed by atoms with Crippen LogP contribution in [0.25, 0.3) is 0 Å². The molecule has 0 spiro atoms. The molecule has 0 saturated carbocycles. The quantitative estimate of drug-likeness (QED) is 0.623. The fourth-order valence-corrected chi connectivity index (χ4v) is 0.934. The van der Waals surface area contributed by atoms with Crippen molar-refractivity contribution in [3.05, 3.63) is 0 Å². The van der Waals surface area contributed by atoms with E-state index in [1.807, 2.05) is 0 Å². The molecule has 2 atom stereocenters. The lowest BCUT2D eigenvalue weighted by Crippen LogP contribution is -2.21. The fourth-order valence-electron chi connectivity index (χ4n) is 0.934. The number of aliphatic hydroxyl groups excluding tert-OH is 3. The molecule has 0 fully saturated rings. The molecule has 0 saturated heterocycles. The second-order valence-corrected chi connectivity index (χ2v) is 4.08. The summed E-state index contributed by atoms with van der Waals surface area (Å²) >= 11 is 0. The molecule has 0 aliphatic rings. The summed E-state index contributed by atoms with van der Waals surface area (Å²) < 4.78 is 4.41. The number of hydrogen-bond donors (Lipinski definition) is 3. The summed E-state index contributed by atoms with van der Waals surface area (Å²) in [6.45, 7) is 14.9. The largest absolute Gasteiger partial charge is 0.464 e. The van der Waals surface area contributed by atoms with Crippen molar-refractivity contribution < 1.29 is 24.9 Å². The first-order valence-corrected chi connectivity index (χ1v) is 7.16. The third-order valence-electron chi connectivity index (χ3n) is 2.23. The average molecular weight is 295 g/mol. The molecule has 6 nitrogen and oxygen atoms in total. The number of nitrogens with zero attached hydrogens (tertiary/aromatic N) is 1. The van der Waals surface area contributed by atoms with Gasteiger partial charge in [0, 0.05) is 0 Å². The molecule has 20 heavy (non-hydrogen) atoms. The van der Waals surface area contributed by atoms with E-state index in [0.29, 0.717) is 6.61 Å². The third kappa shape index (κ3) is 22.5. The van der Waals surface area contributed by atoms with Gasteiger partial charge in [0.25, 0.3) is 0 Å². The molecular formula is C14H33NO5. The molecule has 0 aromatic heterocycles. The second-order valence-electron chi connectivity index (χ2n) is 4.08. The number of esters is 1. The molecule has 0 heterocycles. The highest BCUT2D eigenvalue weighted by Gasteiger charge is 2.07. The normalized spacial score (nSPS) is 12.5. The van der Waals surface area contributed by atoms with Gasteiger partial charge in [-0.1, -0.05) is 20.8 Å². The average Bonchev–Trinajstić information content (AvgIpc) is 2.42. The van der Waals surface area contributed by atoms with Crippen LogP contribution in [0.5, 0.6) is 0 Å². The van der Waals surface area contributed by atoms with E-state index in [1.54, 1.807) is 6.92 Å². The van der Waals surface area contributed by atoms with Gasteiger partial charge in [-0.15, -0.1) is 0 Å². The molecule has 0 aromatic rings. The molecule has 0 bridgehead atoms. The van der Waals surface area contributed by atoms with E-state index < -0.39 is 18.2 Å². The van der Waals surface area contributed by atoms with Crippen LogP contribution in [0.3, 0.4) is 0 Å². The molecule has 2 unspecified atom stereocenters. The van der Waals surface area contributed by atoms with Crippen LogP contribution < -0.4 is 0 Å². The maximum Gasteiger partial charge on any atom is 0.334 e. The van der Waals surface area contributed by atoms with Crippen molar-refractivity contribution in [1.82, 2.24) is 4.90 Å². The lowest BCUT2D eigenvalue weighted by Gasteiger charge is -2.13. The smallest absolute Gasteiger partial charge is 0.334 e. The van der Waals surface area contributed by atoms with Crippen molar-refractivity contribution in [3.63, 3.8) is 0 Å². The van der Waals surface area contributed by atoms with Gasteiger partial charge < -0.3 is 25.0 Å². The molecule has 0 radical (unpaired) electrons. The first-order chi connectivity index (χ1) is 9.30. The van der Waals surface area contributed by atoms with Crippen LogP contribution in [0.2, 0.25) is 0 Å². The van der Waals surface area contributed by atoms with Gasteiger partial charge >= 0.3 is 5.97 Å². The zero-order valence-electron chi connectivity index (χ0n) is 13.8. The van der Waals surface area contributed by atoms with Crippen molar-refractivity contribution in [2.75, 3.05) is 32.8 Å². The predicted molar refractivity (Wildman–Crippen MR) is 80.5 cm³/mol. The van der Waals surface area contributed by atoms with Gasteiger partial charge in [-0.25, -0.2) is 4.79 Å². The highest BCUT2D eigenvalue weighted by molar-refractivity contribution is 5.73. The molecule has 6 heteroatoms. The highest BCUT2D eigenvalue weighted by atomic mass is 16.5. The SMILES string of the molecule is CC(O)CO.CCN(CC)CC.CCOC(=O)C(C)O. The van der Waals surface area contributed by atoms with Gasteiger partial charge in [-0.05, 0) is 40.4 Å². The van der Waals surface area contributed by atoms with Crippen molar-refractivity contribution >= 4 is 5.97 Å². The van der Waals surface area contributed by atoms with Crippen LogP contribution in [0.15, 0.2) is 0 Å². The number of rotatable bonds is 6. The fraction of sp³-hybridized carbons (Fsp3) is 0.929. The van der Waals surface area contributed by atoms with E-state index in [2.05, 4.69) is 30.4 Å². The molecule has 0 rings (SSSR count). The molecule has 0 aromatic carbocycles. The molecule has 0 amide bonds. The Labute approximate surface area is 123 Å². The first kappa shape index (κ1) is 24.3.